The summed E-state index contributed by atoms with van der Waals surface area (Å²) >= 11 is 6.56. The normalized spacial score (nSPS) is 21.6. The highest BCUT2D eigenvalue weighted by molar-refractivity contribution is 6.33. The summed E-state index contributed by atoms with van der Waals surface area (Å²) in [6.45, 7) is 3.92. The maximum atomic E-state index is 9.74. The van der Waals surface area contributed by atoms with Gasteiger partial charge in [0.05, 0.1) is 22.2 Å². The Morgan fingerprint density at radius 1 is 1.18 bits per heavy atom. The number of nitrogens with one attached hydrogen (secondary N) is 4. The third-order valence-corrected chi connectivity index (χ3v) is 7.95. The highest BCUT2D eigenvalue weighted by Gasteiger charge is 2.32. The largest absolute Gasteiger partial charge is 0.381 e. The Kier molecular flexibility index (Phi) is 8.86. The van der Waals surface area contributed by atoms with E-state index in [1.165, 1.54) is 0 Å². The predicted molar refractivity (Wildman–Crippen MR) is 149 cm³/mol. The molecule has 1 saturated carbocycles. The number of nitrogens with zero attached hydrogens (tertiary/aromatic N) is 6. The van der Waals surface area contributed by atoms with Gasteiger partial charge in [-0.15, -0.1) is 10.2 Å². The second kappa shape index (κ2) is 12.7. The smallest absolute Gasteiger partial charge is 0.176 e. The molecule has 0 amide bonds. The third-order valence-electron chi connectivity index (χ3n) is 7.65. The number of H-pyrrole nitrogens is 1. The minimum absolute atomic E-state index is 0.289. The Morgan fingerprint density at radius 2 is 1.97 bits per heavy atom. The van der Waals surface area contributed by atoms with Crippen molar-refractivity contribution in [1.82, 2.24) is 35.9 Å². The van der Waals surface area contributed by atoms with E-state index < -0.39 is 5.41 Å². The number of aromatic amines is 1. The van der Waals surface area contributed by atoms with Crippen molar-refractivity contribution < 1.29 is 4.74 Å². The highest BCUT2D eigenvalue weighted by Crippen LogP contribution is 2.32. The van der Waals surface area contributed by atoms with E-state index in [-0.39, 0.29) is 6.04 Å². The van der Waals surface area contributed by atoms with E-state index in [2.05, 4.69) is 54.6 Å². The molecule has 0 aromatic carbocycles. The van der Waals surface area contributed by atoms with Crippen LogP contribution in [0, 0.1) is 16.7 Å². The van der Waals surface area contributed by atoms with Gasteiger partial charge in [-0.3, -0.25) is 0 Å². The molecule has 3 aromatic heterocycles. The maximum Gasteiger partial charge on any atom is 0.176 e. The molecular weight excluding hydrogens is 516 g/mol. The molecule has 0 spiro atoms. The van der Waals surface area contributed by atoms with Crippen LogP contribution in [0.3, 0.4) is 0 Å². The summed E-state index contributed by atoms with van der Waals surface area (Å²) < 4.78 is 5.44. The van der Waals surface area contributed by atoms with E-state index in [0.717, 1.165) is 73.7 Å². The molecule has 2 fully saturated rings. The van der Waals surface area contributed by atoms with Crippen LogP contribution in [0.1, 0.15) is 51.3 Å². The van der Waals surface area contributed by atoms with Crippen molar-refractivity contribution in [3.05, 3.63) is 41.3 Å². The van der Waals surface area contributed by atoms with E-state index in [1.807, 2.05) is 24.3 Å². The number of ether oxygens (including phenoxy) is 1. The first-order valence-corrected chi connectivity index (χ1v) is 14.0. The van der Waals surface area contributed by atoms with Gasteiger partial charge in [0, 0.05) is 56.1 Å². The van der Waals surface area contributed by atoms with Gasteiger partial charge in [-0.1, -0.05) is 22.9 Å². The number of rotatable bonds is 10. The monoisotopic (exact) mass is 550 g/mol. The molecular formula is C27H35ClN10O. The molecule has 1 aliphatic carbocycles. The lowest BCUT2D eigenvalue weighted by atomic mass is 9.82. The Labute approximate surface area is 233 Å². The molecule has 1 saturated heterocycles. The fourth-order valence-electron chi connectivity index (χ4n) is 5.36. The van der Waals surface area contributed by atoms with Gasteiger partial charge < -0.3 is 20.7 Å². The summed E-state index contributed by atoms with van der Waals surface area (Å²) in [5.74, 6) is 2.24. The number of aromatic nitrogens is 6. The van der Waals surface area contributed by atoms with Gasteiger partial charge in [0.1, 0.15) is 11.6 Å². The third kappa shape index (κ3) is 7.20. The average Bonchev–Trinajstić information content (AvgIpc) is 3.47. The molecule has 0 unspecified atom stereocenters. The van der Waals surface area contributed by atoms with Crippen LogP contribution in [-0.2, 0) is 11.2 Å². The van der Waals surface area contributed by atoms with Crippen LogP contribution in [0.15, 0.2) is 30.5 Å². The van der Waals surface area contributed by atoms with Crippen LogP contribution in [0.25, 0.3) is 11.3 Å². The van der Waals surface area contributed by atoms with Crippen molar-refractivity contribution in [3.8, 4) is 17.3 Å². The zero-order valence-corrected chi connectivity index (χ0v) is 22.9. The first-order valence-electron chi connectivity index (χ1n) is 13.6. The van der Waals surface area contributed by atoms with E-state index in [1.54, 1.807) is 6.20 Å². The minimum atomic E-state index is -0.428. The van der Waals surface area contributed by atoms with Crippen LogP contribution in [-0.4, -0.2) is 68.5 Å². The number of halogens is 1. The van der Waals surface area contributed by atoms with Crippen molar-refractivity contribution >= 4 is 23.2 Å². The summed E-state index contributed by atoms with van der Waals surface area (Å²) in [4.78, 5) is 9.33. The van der Waals surface area contributed by atoms with Crippen molar-refractivity contribution in [1.29, 1.82) is 5.26 Å². The van der Waals surface area contributed by atoms with Crippen molar-refractivity contribution in [2.75, 3.05) is 30.4 Å². The lowest BCUT2D eigenvalue weighted by Gasteiger charge is -2.31. The van der Waals surface area contributed by atoms with Gasteiger partial charge in [-0.25, -0.2) is 9.97 Å². The molecule has 12 heteroatoms. The molecule has 0 bridgehead atoms. The van der Waals surface area contributed by atoms with Crippen molar-refractivity contribution in [2.45, 2.75) is 70.0 Å². The fourth-order valence-corrected chi connectivity index (χ4v) is 5.56. The Hall–Kier alpha value is -3.33. The van der Waals surface area contributed by atoms with E-state index in [4.69, 9.17) is 21.3 Å². The SMILES string of the molecule is C[C@@H](Cc1nn[nH]n1)NC1CCC(Nc2cc(-c3cccc(NCC4(C#N)CCOCC4)n3)c(Cl)cn2)CC1. The molecule has 4 N–H and O–H groups in total. The number of hydrogen-bond acceptors (Lipinski definition) is 10. The Bertz CT molecular complexity index is 1250. The quantitative estimate of drug-likeness (QED) is 0.292. The predicted octanol–water partition coefficient (Wildman–Crippen LogP) is 3.99. The van der Waals surface area contributed by atoms with E-state index in [0.29, 0.717) is 36.9 Å². The summed E-state index contributed by atoms with van der Waals surface area (Å²) in [5, 5.41) is 35.2. The van der Waals surface area contributed by atoms with Crippen molar-refractivity contribution in [2.24, 2.45) is 5.41 Å². The number of pyridine rings is 2. The van der Waals surface area contributed by atoms with Crippen molar-refractivity contribution in [3.63, 3.8) is 0 Å². The minimum Gasteiger partial charge on any atom is -0.381 e. The van der Waals surface area contributed by atoms with Crippen LogP contribution in [0.4, 0.5) is 11.6 Å². The molecule has 1 aliphatic heterocycles. The van der Waals surface area contributed by atoms with Gasteiger partial charge in [0.2, 0.25) is 0 Å². The van der Waals surface area contributed by atoms with Gasteiger partial charge in [0.15, 0.2) is 5.82 Å². The zero-order valence-electron chi connectivity index (χ0n) is 22.2. The summed E-state index contributed by atoms with van der Waals surface area (Å²) in [6, 6.07) is 11.4. The first-order chi connectivity index (χ1) is 19.0. The molecule has 2 aliphatic rings. The van der Waals surface area contributed by atoms with Crippen LogP contribution in [0.5, 0.6) is 0 Å². The second-order valence-electron chi connectivity index (χ2n) is 10.6. The average molecular weight is 551 g/mol. The van der Waals surface area contributed by atoms with Crippen LogP contribution >= 0.6 is 11.6 Å². The molecule has 5 rings (SSSR count). The number of anilines is 2. The number of hydrogen-bond donors (Lipinski definition) is 4. The van der Waals surface area contributed by atoms with Crippen LogP contribution in [0.2, 0.25) is 5.02 Å². The van der Waals surface area contributed by atoms with Gasteiger partial charge in [-0.2, -0.15) is 10.5 Å². The lowest BCUT2D eigenvalue weighted by Crippen LogP contribution is -2.42. The Morgan fingerprint density at radius 3 is 2.72 bits per heavy atom. The summed E-state index contributed by atoms with van der Waals surface area (Å²) in [6.07, 6.45) is 8.15. The molecule has 1 atom stereocenters. The van der Waals surface area contributed by atoms with Crippen LogP contribution < -0.4 is 16.0 Å². The maximum absolute atomic E-state index is 9.74. The molecule has 0 radical (unpaired) electrons. The van der Waals surface area contributed by atoms with Gasteiger partial charge >= 0.3 is 0 Å². The van der Waals surface area contributed by atoms with Gasteiger partial charge in [-0.05, 0) is 63.6 Å². The molecule has 206 valence electrons. The Balaban J connectivity index is 1.16. The lowest BCUT2D eigenvalue weighted by molar-refractivity contribution is 0.0455. The number of tetrazole rings is 1. The topological polar surface area (TPSA) is 149 Å². The van der Waals surface area contributed by atoms with E-state index >= 15 is 0 Å². The molecule has 4 heterocycles. The van der Waals surface area contributed by atoms with Gasteiger partial charge in [0.25, 0.3) is 0 Å². The standard InChI is InChI=1S/C27H35ClN10O/c1-18(13-26-35-37-38-36-26)32-19-5-7-20(8-6-19)33-25-14-21(22(28)15-30-25)23-3-2-4-24(34-23)31-17-27(16-29)9-11-39-12-10-27/h2-4,14-15,18-20,32H,5-13,17H2,1H3,(H,30,33)(H,31,34)(H,35,36,37,38)/t18-,19?,20?/m0/s1. The molecule has 3 aromatic rings. The molecule has 39 heavy (non-hydrogen) atoms. The molecule has 11 nitrogen and oxygen atoms in total. The number of nitriles is 1. The zero-order chi connectivity index (χ0) is 27.1. The summed E-state index contributed by atoms with van der Waals surface area (Å²) in [5.41, 5.74) is 1.16. The first kappa shape index (κ1) is 27.2. The second-order valence-corrected chi connectivity index (χ2v) is 11.0. The summed E-state index contributed by atoms with van der Waals surface area (Å²) in [7, 11) is 0. The fraction of sp³-hybridized carbons (Fsp3) is 0.556. The van der Waals surface area contributed by atoms with E-state index in [9.17, 15) is 5.26 Å². The highest BCUT2D eigenvalue weighted by atomic mass is 35.5.